The lowest BCUT2D eigenvalue weighted by atomic mass is 10.1. The summed E-state index contributed by atoms with van der Waals surface area (Å²) >= 11 is 9.01. The fourth-order valence-corrected chi connectivity index (χ4v) is 2.22. The number of esters is 1. The fourth-order valence-electron chi connectivity index (χ4n) is 1.74. The molecule has 0 saturated heterocycles. The van der Waals surface area contributed by atoms with Gasteiger partial charge in [-0.05, 0) is 58.2 Å². The van der Waals surface area contributed by atoms with E-state index in [-0.39, 0.29) is 0 Å². The number of benzene rings is 2. The van der Waals surface area contributed by atoms with E-state index in [1.165, 1.54) is 0 Å². The van der Waals surface area contributed by atoms with Crippen LogP contribution in [0.2, 0.25) is 5.02 Å². The third-order valence-electron chi connectivity index (χ3n) is 2.74. The van der Waals surface area contributed by atoms with E-state index < -0.39 is 11.0 Å². The van der Waals surface area contributed by atoms with Crippen molar-refractivity contribution < 1.29 is 14.3 Å². The topological polar surface area (TPSA) is 35.5 Å². The van der Waals surface area contributed by atoms with Gasteiger partial charge in [0.2, 0.25) is 5.01 Å². The SMILES string of the molecule is CCOC(=O)C(Br)Oc1ccc(-c2ccc(Cl)cc2)cc1. The zero-order valence-corrected chi connectivity index (χ0v) is 13.7. The smallest absolute Gasteiger partial charge is 0.358 e. The van der Waals surface area contributed by atoms with Gasteiger partial charge in [-0.3, -0.25) is 0 Å². The Balaban J connectivity index is 2.05. The first-order chi connectivity index (χ1) is 10.1. The molecule has 2 rings (SSSR count). The number of hydrogen-bond donors (Lipinski definition) is 0. The number of ether oxygens (including phenoxy) is 2. The Morgan fingerprint density at radius 2 is 1.62 bits per heavy atom. The Morgan fingerprint density at radius 1 is 1.10 bits per heavy atom. The lowest BCUT2D eigenvalue weighted by Crippen LogP contribution is -2.23. The minimum absolute atomic E-state index is 0.319. The van der Waals surface area contributed by atoms with Gasteiger partial charge >= 0.3 is 5.97 Å². The van der Waals surface area contributed by atoms with E-state index >= 15 is 0 Å². The van der Waals surface area contributed by atoms with Crippen LogP contribution < -0.4 is 4.74 Å². The molecule has 0 aliphatic rings. The summed E-state index contributed by atoms with van der Waals surface area (Å²) in [5.41, 5.74) is 2.10. The van der Waals surface area contributed by atoms with E-state index in [1.54, 1.807) is 19.1 Å². The van der Waals surface area contributed by atoms with Crippen molar-refractivity contribution in [2.75, 3.05) is 6.61 Å². The molecule has 1 atom stereocenters. The summed E-state index contributed by atoms with van der Waals surface area (Å²) in [6.45, 7) is 2.07. The van der Waals surface area contributed by atoms with E-state index in [2.05, 4.69) is 15.9 Å². The first kappa shape index (κ1) is 15.9. The van der Waals surface area contributed by atoms with Crippen molar-refractivity contribution in [1.82, 2.24) is 0 Å². The Kier molecular flexibility index (Phi) is 5.65. The lowest BCUT2D eigenvalue weighted by Gasteiger charge is -2.12. The molecule has 2 aromatic carbocycles. The van der Waals surface area contributed by atoms with Gasteiger partial charge in [-0.25, -0.2) is 4.79 Å². The molecular weight excluding hydrogens is 356 g/mol. The number of halogens is 2. The van der Waals surface area contributed by atoms with Crippen LogP contribution >= 0.6 is 27.5 Å². The summed E-state index contributed by atoms with van der Waals surface area (Å²) in [5.74, 6) is 0.141. The van der Waals surface area contributed by atoms with Crippen molar-refractivity contribution >= 4 is 33.5 Å². The number of carbonyl (C=O) groups is 1. The molecule has 0 fully saturated rings. The molecule has 0 aliphatic heterocycles. The fraction of sp³-hybridized carbons (Fsp3) is 0.188. The Bertz CT molecular complexity index is 596. The summed E-state index contributed by atoms with van der Waals surface area (Å²) < 4.78 is 10.3. The van der Waals surface area contributed by atoms with E-state index in [4.69, 9.17) is 21.1 Å². The predicted octanol–water partition coefficient (Wildman–Crippen LogP) is 4.67. The van der Waals surface area contributed by atoms with E-state index in [0.29, 0.717) is 17.4 Å². The van der Waals surface area contributed by atoms with Gasteiger partial charge in [0.1, 0.15) is 5.75 Å². The van der Waals surface area contributed by atoms with Crippen molar-refractivity contribution in [3.8, 4) is 16.9 Å². The molecule has 21 heavy (non-hydrogen) atoms. The van der Waals surface area contributed by atoms with Gasteiger partial charge in [0, 0.05) is 5.02 Å². The second-order valence-electron chi connectivity index (χ2n) is 4.22. The van der Waals surface area contributed by atoms with Crippen LogP contribution in [0.15, 0.2) is 48.5 Å². The van der Waals surface area contributed by atoms with Gasteiger partial charge in [0.25, 0.3) is 0 Å². The van der Waals surface area contributed by atoms with Crippen LogP contribution in [0.4, 0.5) is 0 Å². The van der Waals surface area contributed by atoms with Crippen molar-refractivity contribution in [3.63, 3.8) is 0 Å². The van der Waals surface area contributed by atoms with Crippen molar-refractivity contribution in [2.24, 2.45) is 0 Å². The molecule has 2 aromatic rings. The van der Waals surface area contributed by atoms with E-state index in [9.17, 15) is 4.79 Å². The summed E-state index contributed by atoms with van der Waals surface area (Å²) in [7, 11) is 0. The van der Waals surface area contributed by atoms with Crippen LogP contribution in [0.3, 0.4) is 0 Å². The van der Waals surface area contributed by atoms with Crippen LogP contribution in [-0.2, 0) is 9.53 Å². The van der Waals surface area contributed by atoms with Gasteiger partial charge in [0.15, 0.2) is 0 Å². The molecule has 0 saturated carbocycles. The van der Waals surface area contributed by atoms with Crippen LogP contribution in [0.5, 0.6) is 5.75 Å². The molecule has 1 unspecified atom stereocenters. The summed E-state index contributed by atoms with van der Waals surface area (Å²) in [6.07, 6.45) is 0. The zero-order chi connectivity index (χ0) is 15.2. The van der Waals surface area contributed by atoms with Gasteiger partial charge in [0.05, 0.1) is 6.61 Å². The third kappa shape index (κ3) is 4.48. The summed E-state index contributed by atoms with van der Waals surface area (Å²) in [4.78, 5) is 11.5. The summed E-state index contributed by atoms with van der Waals surface area (Å²) in [6, 6.07) is 15.0. The van der Waals surface area contributed by atoms with Gasteiger partial charge in [-0.1, -0.05) is 35.9 Å². The molecule has 0 aromatic heterocycles. The third-order valence-corrected chi connectivity index (χ3v) is 3.56. The standard InChI is InChI=1S/C16H14BrClO3/c1-2-20-16(19)15(17)21-14-9-5-12(6-10-14)11-3-7-13(18)8-4-11/h3-10,15H,2H2,1H3. The van der Waals surface area contributed by atoms with Crippen LogP contribution in [0, 0.1) is 0 Å². The van der Waals surface area contributed by atoms with E-state index in [0.717, 1.165) is 11.1 Å². The molecule has 0 radical (unpaired) electrons. The minimum Gasteiger partial charge on any atom is -0.467 e. The first-order valence-corrected chi connectivity index (χ1v) is 7.73. The first-order valence-electron chi connectivity index (χ1n) is 6.43. The number of alkyl halides is 1. The summed E-state index contributed by atoms with van der Waals surface area (Å²) in [5, 5.41) is -0.103. The predicted molar refractivity (Wildman–Crippen MR) is 86.9 cm³/mol. The van der Waals surface area contributed by atoms with E-state index in [1.807, 2.05) is 36.4 Å². The number of hydrogen-bond acceptors (Lipinski definition) is 3. The maximum Gasteiger partial charge on any atom is 0.358 e. The van der Waals surface area contributed by atoms with Crippen LogP contribution in [0.1, 0.15) is 6.92 Å². The van der Waals surface area contributed by atoms with Gasteiger partial charge < -0.3 is 9.47 Å². The molecule has 110 valence electrons. The second-order valence-corrected chi connectivity index (χ2v) is 5.49. The molecule has 0 aliphatic carbocycles. The largest absolute Gasteiger partial charge is 0.467 e. The highest BCUT2D eigenvalue weighted by Gasteiger charge is 2.17. The average Bonchev–Trinajstić information content (AvgIpc) is 2.49. The number of carbonyl (C=O) groups excluding carboxylic acids is 1. The van der Waals surface area contributed by atoms with Crippen LogP contribution in [0.25, 0.3) is 11.1 Å². The lowest BCUT2D eigenvalue weighted by molar-refractivity contribution is -0.146. The van der Waals surface area contributed by atoms with Crippen molar-refractivity contribution in [1.29, 1.82) is 0 Å². The maximum absolute atomic E-state index is 11.5. The molecule has 5 heteroatoms. The normalized spacial score (nSPS) is 11.8. The highest BCUT2D eigenvalue weighted by atomic mass is 79.9. The molecule has 0 heterocycles. The molecule has 3 nitrogen and oxygen atoms in total. The number of rotatable bonds is 5. The quantitative estimate of drug-likeness (QED) is 0.567. The highest BCUT2D eigenvalue weighted by Crippen LogP contribution is 2.25. The Labute approximate surface area is 137 Å². The minimum atomic E-state index is -0.807. The average molecular weight is 370 g/mol. The Morgan fingerprint density at radius 3 is 2.14 bits per heavy atom. The molecule has 0 bridgehead atoms. The van der Waals surface area contributed by atoms with Crippen molar-refractivity contribution in [2.45, 2.75) is 11.9 Å². The van der Waals surface area contributed by atoms with Gasteiger partial charge in [-0.15, -0.1) is 0 Å². The van der Waals surface area contributed by atoms with Crippen molar-refractivity contribution in [3.05, 3.63) is 53.6 Å². The molecule has 0 N–H and O–H groups in total. The highest BCUT2D eigenvalue weighted by molar-refractivity contribution is 9.09. The van der Waals surface area contributed by atoms with Crippen LogP contribution in [-0.4, -0.2) is 17.6 Å². The van der Waals surface area contributed by atoms with Gasteiger partial charge in [-0.2, -0.15) is 0 Å². The maximum atomic E-state index is 11.5. The molecular formula is C16H14BrClO3. The molecule has 0 amide bonds. The second kappa shape index (κ2) is 7.48. The monoisotopic (exact) mass is 368 g/mol. The Hall–Kier alpha value is -1.52. The molecule has 0 spiro atoms. The zero-order valence-electron chi connectivity index (χ0n) is 11.4.